The fourth-order valence-corrected chi connectivity index (χ4v) is 4.79. The molecule has 34 heavy (non-hydrogen) atoms. The van der Waals surface area contributed by atoms with Crippen LogP contribution in [0.25, 0.3) is 0 Å². The average molecular weight is 475 g/mol. The van der Waals surface area contributed by atoms with Crippen molar-refractivity contribution in [3.05, 3.63) is 55.0 Å². The Morgan fingerprint density at radius 1 is 0.735 bits per heavy atom. The summed E-state index contributed by atoms with van der Waals surface area (Å²) in [7, 11) is 0. The van der Waals surface area contributed by atoms with Crippen LogP contribution in [0.2, 0.25) is 0 Å². The van der Waals surface area contributed by atoms with Gasteiger partial charge in [0.1, 0.15) is 9.85 Å². The number of carbonyl (C=O) groups excluding carboxylic acids is 1. The van der Waals surface area contributed by atoms with E-state index in [0.717, 1.165) is 51.9 Å². The molecule has 184 valence electrons. The predicted molar refractivity (Wildman–Crippen MR) is 122 cm³/mol. The lowest BCUT2D eigenvalue weighted by atomic mass is 10.0. The van der Waals surface area contributed by atoms with E-state index in [-0.39, 0.29) is 11.5 Å². The van der Waals surface area contributed by atoms with Crippen molar-refractivity contribution in [3.8, 4) is 0 Å². The molecule has 0 aromatic carbocycles. The van der Waals surface area contributed by atoms with Crippen LogP contribution >= 0.6 is 0 Å². The molecule has 2 aromatic rings. The first-order chi connectivity index (χ1) is 16.4. The molecule has 2 aliphatic rings. The number of ketones is 1. The summed E-state index contributed by atoms with van der Waals surface area (Å²) in [6.07, 6.45) is 7.61. The Morgan fingerprint density at radius 3 is 1.47 bits per heavy atom. The molecule has 0 atom stereocenters. The zero-order valence-corrected chi connectivity index (χ0v) is 19.2. The molecule has 11 nitrogen and oxygen atoms in total. The second kappa shape index (κ2) is 10.9. The van der Waals surface area contributed by atoms with Gasteiger partial charge >= 0.3 is 11.8 Å². The second-order valence-electron chi connectivity index (χ2n) is 9.03. The van der Waals surface area contributed by atoms with Crippen molar-refractivity contribution < 1.29 is 23.5 Å². The van der Waals surface area contributed by atoms with Gasteiger partial charge in [0, 0.05) is 24.2 Å². The van der Waals surface area contributed by atoms with Crippen molar-refractivity contribution in [2.45, 2.75) is 51.4 Å². The Balaban J connectivity index is 1.57. The highest BCUT2D eigenvalue weighted by molar-refractivity contribution is 6.07. The van der Waals surface area contributed by atoms with Gasteiger partial charge in [0.15, 0.2) is 11.5 Å². The van der Waals surface area contributed by atoms with Gasteiger partial charge in [-0.3, -0.25) is 25.0 Å². The van der Waals surface area contributed by atoms with Crippen LogP contribution in [0.15, 0.2) is 21.0 Å². The normalized spacial score (nSPS) is 17.6. The molecule has 2 aliphatic heterocycles. The molecule has 4 heterocycles. The minimum absolute atomic E-state index is 0.174. The van der Waals surface area contributed by atoms with Gasteiger partial charge in [0.25, 0.3) is 5.78 Å². The summed E-state index contributed by atoms with van der Waals surface area (Å²) in [6, 6.07) is 2.56. The van der Waals surface area contributed by atoms with Gasteiger partial charge in [-0.15, -0.1) is 0 Å². The minimum atomic E-state index is -0.691. The predicted octanol–water partition coefficient (Wildman–Crippen LogP) is 3.98. The van der Waals surface area contributed by atoms with E-state index in [1.54, 1.807) is 0 Å². The van der Waals surface area contributed by atoms with Crippen LogP contribution in [0.5, 0.6) is 0 Å². The Labute approximate surface area is 197 Å². The Kier molecular flexibility index (Phi) is 7.73. The van der Waals surface area contributed by atoms with Gasteiger partial charge in [-0.25, -0.2) is 0 Å². The maximum absolute atomic E-state index is 13.4. The van der Waals surface area contributed by atoms with E-state index in [4.69, 9.17) is 8.83 Å². The molecule has 0 N–H and O–H groups in total. The van der Waals surface area contributed by atoms with Gasteiger partial charge in [0.2, 0.25) is 0 Å². The molecule has 2 aromatic heterocycles. The largest absolute Gasteiger partial charge is 0.433 e. The number of hydrogen-bond donors (Lipinski definition) is 0. The maximum atomic E-state index is 13.4. The second-order valence-corrected chi connectivity index (χ2v) is 9.03. The summed E-state index contributed by atoms with van der Waals surface area (Å²) in [6.45, 7) is 5.11. The van der Waals surface area contributed by atoms with E-state index in [0.29, 0.717) is 37.1 Å². The zero-order valence-electron chi connectivity index (χ0n) is 19.2. The van der Waals surface area contributed by atoms with Gasteiger partial charge in [-0.05, 0) is 64.7 Å². The molecule has 11 heteroatoms. The highest BCUT2D eigenvalue weighted by Crippen LogP contribution is 2.30. The van der Waals surface area contributed by atoms with Crippen LogP contribution in [0.1, 0.15) is 66.0 Å². The highest BCUT2D eigenvalue weighted by atomic mass is 16.7. The first-order valence-electron chi connectivity index (χ1n) is 12.0. The van der Waals surface area contributed by atoms with E-state index in [1.807, 2.05) is 0 Å². The van der Waals surface area contributed by atoms with Gasteiger partial charge in [0.05, 0.1) is 12.1 Å². The van der Waals surface area contributed by atoms with E-state index in [2.05, 4.69) is 9.80 Å². The molecule has 0 spiro atoms. The maximum Gasteiger partial charge on any atom is 0.433 e. The number of nitrogens with zero attached hydrogens (tertiary/aromatic N) is 4. The van der Waals surface area contributed by atoms with E-state index < -0.39 is 27.4 Å². The molecule has 2 fully saturated rings. The Hall–Kier alpha value is -3.05. The topological polar surface area (TPSA) is 136 Å². The van der Waals surface area contributed by atoms with Crippen molar-refractivity contribution in [1.29, 1.82) is 0 Å². The lowest BCUT2D eigenvalue weighted by Crippen LogP contribution is -2.31. The molecule has 0 aliphatic carbocycles. The zero-order chi connectivity index (χ0) is 24.1. The van der Waals surface area contributed by atoms with Crippen LogP contribution in [-0.2, 0) is 12.8 Å². The first-order valence-corrected chi connectivity index (χ1v) is 12.0. The van der Waals surface area contributed by atoms with Crippen LogP contribution in [0.4, 0.5) is 11.8 Å². The number of hydrogen-bond acceptors (Lipinski definition) is 9. The monoisotopic (exact) mass is 474 g/mol. The average Bonchev–Trinajstić information content (AvgIpc) is 3.47. The van der Waals surface area contributed by atoms with Crippen LogP contribution in [0, 0.1) is 20.2 Å². The summed E-state index contributed by atoms with van der Waals surface area (Å²) >= 11 is 0. The molecule has 0 unspecified atom stereocenters. The fraction of sp³-hybridized carbons (Fsp3) is 0.609. The standard InChI is InChI=1S/C23H30N4O7/c28-21(22-17(15-19(33-22)26(29)30)7-13-24-9-3-1-4-10-24)23-18(16-20(34-23)27(31)32)8-14-25-11-5-2-6-12-25/h15-16H,1-14H2. The van der Waals surface area contributed by atoms with Crippen LogP contribution < -0.4 is 0 Å². The molecule has 0 amide bonds. The van der Waals surface area contributed by atoms with E-state index >= 15 is 0 Å². The van der Waals surface area contributed by atoms with Crippen molar-refractivity contribution in [2.24, 2.45) is 0 Å². The van der Waals surface area contributed by atoms with Gasteiger partial charge in [-0.1, -0.05) is 12.8 Å². The Bertz CT molecular complexity index is 952. The van der Waals surface area contributed by atoms with E-state index in [9.17, 15) is 25.0 Å². The summed E-state index contributed by atoms with van der Waals surface area (Å²) in [4.78, 5) is 39.3. The molecule has 0 radical (unpaired) electrons. The molecular weight excluding hydrogens is 444 g/mol. The Morgan fingerprint density at radius 2 is 1.12 bits per heavy atom. The van der Waals surface area contributed by atoms with Crippen LogP contribution in [-0.4, -0.2) is 64.7 Å². The molecular formula is C23H30N4O7. The minimum Gasteiger partial charge on any atom is -0.397 e. The molecule has 2 saturated heterocycles. The molecule has 0 bridgehead atoms. The van der Waals surface area contributed by atoms with Crippen molar-refractivity contribution in [2.75, 3.05) is 39.3 Å². The molecule has 4 rings (SSSR count). The number of piperidine rings is 2. The quantitative estimate of drug-likeness (QED) is 0.284. The third kappa shape index (κ3) is 5.71. The fourth-order valence-electron chi connectivity index (χ4n) is 4.79. The summed E-state index contributed by atoms with van der Waals surface area (Å²) in [5.41, 5.74) is 0.839. The van der Waals surface area contributed by atoms with Crippen LogP contribution in [0.3, 0.4) is 0 Å². The number of carbonyl (C=O) groups is 1. The van der Waals surface area contributed by atoms with Crippen molar-refractivity contribution in [1.82, 2.24) is 9.80 Å². The number of nitro groups is 2. The first kappa shape index (κ1) is 24.1. The third-order valence-electron chi connectivity index (χ3n) is 6.66. The SMILES string of the molecule is O=C(c1oc([N+](=O)[O-])cc1CCN1CCCCC1)c1oc([N+](=O)[O-])cc1CCN1CCCCC1. The number of likely N-dealkylation sites (tertiary alicyclic amines) is 2. The van der Waals surface area contributed by atoms with Gasteiger partial charge in [-0.2, -0.15) is 0 Å². The summed E-state index contributed by atoms with van der Waals surface area (Å²) in [5.74, 6) is -2.08. The third-order valence-corrected chi connectivity index (χ3v) is 6.66. The lowest BCUT2D eigenvalue weighted by Gasteiger charge is -2.26. The van der Waals surface area contributed by atoms with Crippen molar-refractivity contribution in [3.63, 3.8) is 0 Å². The summed E-state index contributed by atoms with van der Waals surface area (Å²) in [5, 5.41) is 22.7. The highest BCUT2D eigenvalue weighted by Gasteiger charge is 2.31. The van der Waals surface area contributed by atoms with Gasteiger partial charge < -0.3 is 18.6 Å². The number of furan rings is 2. The smallest absolute Gasteiger partial charge is 0.397 e. The lowest BCUT2D eigenvalue weighted by molar-refractivity contribution is -0.402. The summed E-state index contributed by atoms with van der Waals surface area (Å²) < 4.78 is 10.7. The molecule has 0 saturated carbocycles. The van der Waals surface area contributed by atoms with E-state index in [1.165, 1.54) is 25.0 Å². The number of rotatable bonds is 10. The van der Waals surface area contributed by atoms with Crippen molar-refractivity contribution >= 4 is 17.6 Å².